The highest BCUT2D eigenvalue weighted by Crippen LogP contribution is 2.36. The van der Waals surface area contributed by atoms with E-state index in [4.69, 9.17) is 18.7 Å². The summed E-state index contributed by atoms with van der Waals surface area (Å²) in [5.74, 6) is 2.63. The number of methoxy groups -OCH3 is 2. The molecule has 2 heterocycles. The molecule has 0 bridgehead atoms. The quantitative estimate of drug-likeness (QED) is 0.408. The number of aryl methyl sites for hydroxylation is 3. The summed E-state index contributed by atoms with van der Waals surface area (Å²) in [6.07, 6.45) is 0. The summed E-state index contributed by atoms with van der Waals surface area (Å²) in [5, 5.41) is 7.28. The van der Waals surface area contributed by atoms with Crippen molar-refractivity contribution >= 4 is 11.6 Å². The Balaban J connectivity index is 1.49. The standard InChI is InChI=1S/C24H25N5O4/c1-14-9-15(2)11-17(10-14)26-24-25-16(3)12-20(28-24)32-13-21-27-23(29-33-21)18-7-6-8-19(30-4)22(18)31-5/h6-12H,13H2,1-5H3,(H,25,26,28). The number of para-hydroxylation sites is 1. The van der Waals surface area contributed by atoms with Gasteiger partial charge in [0, 0.05) is 17.4 Å². The number of anilines is 2. The van der Waals surface area contributed by atoms with Gasteiger partial charge in [0.2, 0.25) is 17.7 Å². The molecule has 170 valence electrons. The van der Waals surface area contributed by atoms with Gasteiger partial charge < -0.3 is 24.1 Å². The van der Waals surface area contributed by atoms with Crippen LogP contribution in [0.4, 0.5) is 11.6 Å². The van der Waals surface area contributed by atoms with Crippen molar-refractivity contribution in [2.75, 3.05) is 19.5 Å². The van der Waals surface area contributed by atoms with Crippen LogP contribution in [0.1, 0.15) is 22.7 Å². The van der Waals surface area contributed by atoms with E-state index in [1.165, 1.54) is 0 Å². The van der Waals surface area contributed by atoms with Crippen LogP contribution in [0.5, 0.6) is 17.4 Å². The van der Waals surface area contributed by atoms with Gasteiger partial charge in [0.05, 0.1) is 19.8 Å². The molecular weight excluding hydrogens is 422 g/mol. The summed E-state index contributed by atoms with van der Waals surface area (Å²) < 4.78 is 21.9. The largest absolute Gasteiger partial charge is 0.493 e. The minimum absolute atomic E-state index is 0.0543. The van der Waals surface area contributed by atoms with Gasteiger partial charge in [-0.2, -0.15) is 9.97 Å². The molecule has 2 aromatic carbocycles. The fraction of sp³-hybridized carbons (Fsp3) is 0.250. The smallest absolute Gasteiger partial charge is 0.264 e. The van der Waals surface area contributed by atoms with Gasteiger partial charge in [-0.25, -0.2) is 4.98 Å². The van der Waals surface area contributed by atoms with Gasteiger partial charge in [0.25, 0.3) is 5.89 Å². The van der Waals surface area contributed by atoms with Crippen molar-refractivity contribution in [1.29, 1.82) is 0 Å². The van der Waals surface area contributed by atoms with Gasteiger partial charge in [0.1, 0.15) is 0 Å². The first-order valence-corrected chi connectivity index (χ1v) is 10.3. The molecule has 0 radical (unpaired) electrons. The number of hydrogen-bond acceptors (Lipinski definition) is 9. The molecule has 0 aliphatic heterocycles. The Hall–Kier alpha value is -4.14. The number of nitrogens with zero attached hydrogens (tertiary/aromatic N) is 4. The Kier molecular flexibility index (Phi) is 6.39. The summed E-state index contributed by atoms with van der Waals surface area (Å²) in [4.78, 5) is 13.3. The van der Waals surface area contributed by atoms with Gasteiger partial charge in [0.15, 0.2) is 18.1 Å². The van der Waals surface area contributed by atoms with Crippen LogP contribution >= 0.6 is 0 Å². The molecule has 33 heavy (non-hydrogen) atoms. The topological polar surface area (TPSA) is 104 Å². The van der Waals surface area contributed by atoms with E-state index in [0.717, 1.165) is 22.5 Å². The minimum atomic E-state index is 0.0543. The summed E-state index contributed by atoms with van der Waals surface area (Å²) in [5.41, 5.74) is 4.64. The predicted octanol–water partition coefficient (Wildman–Crippen LogP) is 4.79. The molecule has 0 saturated heterocycles. The lowest BCUT2D eigenvalue weighted by Gasteiger charge is -2.10. The average Bonchev–Trinajstić information content (AvgIpc) is 3.25. The van der Waals surface area contributed by atoms with E-state index in [-0.39, 0.29) is 6.61 Å². The second kappa shape index (κ2) is 9.56. The van der Waals surface area contributed by atoms with E-state index in [0.29, 0.717) is 40.6 Å². The Morgan fingerprint density at radius 3 is 2.42 bits per heavy atom. The number of benzene rings is 2. The molecule has 0 unspecified atom stereocenters. The number of rotatable bonds is 8. The Bertz CT molecular complexity index is 1250. The zero-order chi connectivity index (χ0) is 23.4. The third kappa shape index (κ3) is 5.20. The zero-order valence-corrected chi connectivity index (χ0v) is 19.2. The van der Waals surface area contributed by atoms with Crippen LogP contribution in [0.2, 0.25) is 0 Å². The second-order valence-corrected chi connectivity index (χ2v) is 7.51. The molecule has 9 heteroatoms. The van der Waals surface area contributed by atoms with Crippen molar-refractivity contribution in [3.63, 3.8) is 0 Å². The highest BCUT2D eigenvalue weighted by molar-refractivity contribution is 5.68. The van der Waals surface area contributed by atoms with Crippen LogP contribution in [0.25, 0.3) is 11.4 Å². The molecular formula is C24H25N5O4. The Labute approximate surface area is 191 Å². The van der Waals surface area contributed by atoms with Crippen molar-refractivity contribution in [3.8, 4) is 28.8 Å². The SMILES string of the molecule is COc1cccc(-c2noc(COc3cc(C)nc(Nc4cc(C)cc(C)c4)n3)n2)c1OC. The van der Waals surface area contributed by atoms with Crippen molar-refractivity contribution < 1.29 is 18.7 Å². The maximum absolute atomic E-state index is 5.81. The van der Waals surface area contributed by atoms with Crippen LogP contribution < -0.4 is 19.5 Å². The van der Waals surface area contributed by atoms with Gasteiger partial charge in [-0.3, -0.25) is 0 Å². The fourth-order valence-electron chi connectivity index (χ4n) is 3.47. The van der Waals surface area contributed by atoms with Crippen LogP contribution in [0, 0.1) is 20.8 Å². The van der Waals surface area contributed by atoms with Crippen molar-refractivity contribution in [2.45, 2.75) is 27.4 Å². The average molecular weight is 447 g/mol. The molecule has 0 aliphatic rings. The lowest BCUT2D eigenvalue weighted by Crippen LogP contribution is -2.03. The minimum Gasteiger partial charge on any atom is -0.493 e. The van der Waals surface area contributed by atoms with Gasteiger partial charge in [-0.15, -0.1) is 0 Å². The van der Waals surface area contributed by atoms with Gasteiger partial charge >= 0.3 is 0 Å². The first-order valence-electron chi connectivity index (χ1n) is 10.3. The highest BCUT2D eigenvalue weighted by atomic mass is 16.5. The number of aromatic nitrogens is 4. The van der Waals surface area contributed by atoms with Crippen LogP contribution in [0.3, 0.4) is 0 Å². The van der Waals surface area contributed by atoms with Crippen molar-refractivity contribution in [1.82, 2.24) is 20.1 Å². The van der Waals surface area contributed by atoms with E-state index in [9.17, 15) is 0 Å². The van der Waals surface area contributed by atoms with E-state index >= 15 is 0 Å². The highest BCUT2D eigenvalue weighted by Gasteiger charge is 2.17. The van der Waals surface area contributed by atoms with Crippen LogP contribution in [-0.2, 0) is 6.61 Å². The lowest BCUT2D eigenvalue weighted by atomic mass is 10.1. The summed E-state index contributed by atoms with van der Waals surface area (Å²) >= 11 is 0. The maximum atomic E-state index is 5.81. The van der Waals surface area contributed by atoms with Crippen LogP contribution in [0.15, 0.2) is 47.0 Å². The molecule has 0 spiro atoms. The van der Waals surface area contributed by atoms with E-state index in [1.807, 2.05) is 45.0 Å². The van der Waals surface area contributed by atoms with E-state index in [2.05, 4.69) is 31.5 Å². The molecule has 4 rings (SSSR count). The maximum Gasteiger partial charge on any atom is 0.264 e. The lowest BCUT2D eigenvalue weighted by molar-refractivity contribution is 0.235. The van der Waals surface area contributed by atoms with Gasteiger partial charge in [-0.05, 0) is 56.2 Å². The Morgan fingerprint density at radius 1 is 0.909 bits per heavy atom. The predicted molar refractivity (Wildman–Crippen MR) is 123 cm³/mol. The van der Waals surface area contributed by atoms with Crippen LogP contribution in [-0.4, -0.2) is 34.3 Å². The molecule has 0 atom stereocenters. The molecule has 4 aromatic rings. The number of nitrogens with one attached hydrogen (secondary N) is 1. The molecule has 0 aliphatic carbocycles. The van der Waals surface area contributed by atoms with E-state index < -0.39 is 0 Å². The normalized spacial score (nSPS) is 10.7. The Morgan fingerprint density at radius 2 is 1.70 bits per heavy atom. The summed E-state index contributed by atoms with van der Waals surface area (Å²) in [7, 11) is 3.14. The molecule has 0 fully saturated rings. The second-order valence-electron chi connectivity index (χ2n) is 7.51. The number of ether oxygens (including phenoxy) is 3. The van der Waals surface area contributed by atoms with Crippen molar-refractivity contribution in [3.05, 3.63) is 65.2 Å². The number of hydrogen-bond donors (Lipinski definition) is 1. The first-order chi connectivity index (χ1) is 15.9. The molecule has 2 aromatic heterocycles. The molecule has 1 N–H and O–H groups in total. The molecule has 0 saturated carbocycles. The van der Waals surface area contributed by atoms with Gasteiger partial charge in [-0.1, -0.05) is 17.3 Å². The third-order valence-corrected chi connectivity index (χ3v) is 4.76. The monoisotopic (exact) mass is 447 g/mol. The zero-order valence-electron chi connectivity index (χ0n) is 19.2. The van der Waals surface area contributed by atoms with E-state index in [1.54, 1.807) is 26.4 Å². The van der Waals surface area contributed by atoms with Crippen molar-refractivity contribution in [2.24, 2.45) is 0 Å². The third-order valence-electron chi connectivity index (χ3n) is 4.76. The first kappa shape index (κ1) is 22.1. The molecule has 9 nitrogen and oxygen atoms in total. The summed E-state index contributed by atoms with van der Waals surface area (Å²) in [6, 6.07) is 13.4. The summed E-state index contributed by atoms with van der Waals surface area (Å²) in [6.45, 7) is 6.02. The molecule has 0 amide bonds. The fourth-order valence-corrected chi connectivity index (χ4v) is 3.47.